The second-order valence-electron chi connectivity index (χ2n) is 10.6. The van der Waals surface area contributed by atoms with Gasteiger partial charge in [-0.3, -0.25) is 0 Å². The molecular formula is C31H34ClNO4. The summed E-state index contributed by atoms with van der Waals surface area (Å²) in [6.45, 7) is 9.51. The number of halogens is 1. The highest BCUT2D eigenvalue weighted by Gasteiger charge is 2.31. The Morgan fingerprint density at radius 1 is 0.946 bits per heavy atom. The standard InChI is InChI=1S/C31H34ClNO4/c1-19-16-21(17-20(2)28(19)32)14-15-27(29(34)37-31(3,4)5)33-30(35)36-18-26-24-12-8-6-10-22(24)23-11-7-9-13-25(23)26/h6-13,16-17,26-27H,14-15,18H2,1-5H3,(H,33,35)/t27-/m0/s1. The number of alkyl carbamates (subject to hydrolysis) is 1. The van der Waals surface area contributed by atoms with Gasteiger partial charge in [-0.05, 0) is 86.4 Å². The van der Waals surface area contributed by atoms with Crippen molar-refractivity contribution in [3.05, 3.63) is 93.5 Å². The zero-order valence-corrected chi connectivity index (χ0v) is 22.8. The van der Waals surface area contributed by atoms with E-state index in [1.165, 1.54) is 0 Å². The monoisotopic (exact) mass is 519 g/mol. The molecule has 37 heavy (non-hydrogen) atoms. The fraction of sp³-hybridized carbons (Fsp3) is 0.355. The third-order valence-electron chi connectivity index (χ3n) is 6.54. The zero-order chi connectivity index (χ0) is 26.7. The number of hydrogen-bond donors (Lipinski definition) is 1. The van der Waals surface area contributed by atoms with Crippen molar-refractivity contribution in [1.29, 1.82) is 0 Å². The summed E-state index contributed by atoms with van der Waals surface area (Å²) >= 11 is 6.31. The highest BCUT2D eigenvalue weighted by molar-refractivity contribution is 6.32. The lowest BCUT2D eigenvalue weighted by Crippen LogP contribution is -2.45. The average Bonchev–Trinajstić information content (AvgIpc) is 3.16. The maximum absolute atomic E-state index is 13.0. The first-order chi connectivity index (χ1) is 17.5. The molecule has 0 spiro atoms. The highest BCUT2D eigenvalue weighted by Crippen LogP contribution is 2.44. The van der Waals surface area contributed by atoms with Crippen molar-refractivity contribution in [2.45, 2.75) is 65.0 Å². The summed E-state index contributed by atoms with van der Waals surface area (Å²) in [4.78, 5) is 25.9. The summed E-state index contributed by atoms with van der Waals surface area (Å²) < 4.78 is 11.3. The van der Waals surface area contributed by atoms with Crippen LogP contribution in [-0.2, 0) is 20.7 Å². The smallest absolute Gasteiger partial charge is 0.407 e. The lowest BCUT2D eigenvalue weighted by atomic mass is 9.98. The van der Waals surface area contributed by atoms with E-state index in [1.54, 1.807) is 20.8 Å². The third-order valence-corrected chi connectivity index (χ3v) is 7.14. The van der Waals surface area contributed by atoms with Crippen LogP contribution in [0.4, 0.5) is 4.79 Å². The van der Waals surface area contributed by atoms with Gasteiger partial charge in [0.05, 0.1) is 0 Å². The van der Waals surface area contributed by atoms with Gasteiger partial charge < -0.3 is 14.8 Å². The van der Waals surface area contributed by atoms with Crippen LogP contribution in [0.3, 0.4) is 0 Å². The first-order valence-corrected chi connectivity index (χ1v) is 13.0. The molecule has 0 bridgehead atoms. The summed E-state index contributed by atoms with van der Waals surface area (Å²) in [7, 11) is 0. The molecule has 1 N–H and O–H groups in total. The minimum Gasteiger partial charge on any atom is -0.458 e. The van der Waals surface area contributed by atoms with E-state index in [0.29, 0.717) is 12.8 Å². The van der Waals surface area contributed by atoms with Crippen LogP contribution in [0.25, 0.3) is 11.1 Å². The predicted octanol–water partition coefficient (Wildman–Crippen LogP) is 7.14. The molecule has 0 saturated carbocycles. The SMILES string of the molecule is Cc1cc(CC[C@H](NC(=O)OCC2c3ccccc3-c3ccccc32)C(=O)OC(C)(C)C)cc(C)c1Cl. The van der Waals surface area contributed by atoms with Crippen LogP contribution in [0.2, 0.25) is 5.02 Å². The number of fused-ring (bicyclic) bond motifs is 3. The van der Waals surface area contributed by atoms with Gasteiger partial charge in [0.25, 0.3) is 0 Å². The number of carbonyl (C=O) groups excluding carboxylic acids is 2. The van der Waals surface area contributed by atoms with Gasteiger partial charge in [0.1, 0.15) is 18.2 Å². The van der Waals surface area contributed by atoms with E-state index in [4.69, 9.17) is 21.1 Å². The molecule has 3 aromatic carbocycles. The number of aryl methyl sites for hydroxylation is 3. The van der Waals surface area contributed by atoms with Crippen LogP contribution in [-0.4, -0.2) is 30.3 Å². The minimum atomic E-state index is -0.842. The van der Waals surface area contributed by atoms with E-state index in [2.05, 4.69) is 29.6 Å². The van der Waals surface area contributed by atoms with Crippen LogP contribution < -0.4 is 5.32 Å². The summed E-state index contributed by atoms with van der Waals surface area (Å²) in [5, 5.41) is 3.50. The molecule has 0 unspecified atom stereocenters. The van der Waals surface area contributed by atoms with Crippen molar-refractivity contribution in [2.75, 3.05) is 6.61 Å². The van der Waals surface area contributed by atoms with E-state index in [-0.39, 0.29) is 12.5 Å². The molecule has 0 fully saturated rings. The van der Waals surface area contributed by atoms with Gasteiger partial charge in [-0.1, -0.05) is 72.3 Å². The molecule has 0 heterocycles. The molecule has 5 nitrogen and oxygen atoms in total. The van der Waals surface area contributed by atoms with Crippen LogP contribution in [0, 0.1) is 13.8 Å². The fourth-order valence-corrected chi connectivity index (χ4v) is 5.00. The summed E-state index contributed by atoms with van der Waals surface area (Å²) in [5.41, 5.74) is 6.92. The summed E-state index contributed by atoms with van der Waals surface area (Å²) in [6.07, 6.45) is 0.313. The van der Waals surface area contributed by atoms with E-state index < -0.39 is 23.7 Å². The normalized spacial score (nSPS) is 13.5. The molecule has 1 atom stereocenters. The first-order valence-electron chi connectivity index (χ1n) is 12.6. The zero-order valence-electron chi connectivity index (χ0n) is 22.1. The topological polar surface area (TPSA) is 64.6 Å². The molecular weight excluding hydrogens is 486 g/mol. The Balaban J connectivity index is 1.45. The fourth-order valence-electron chi connectivity index (χ4n) is 4.90. The number of benzene rings is 3. The Bertz CT molecular complexity index is 1240. The van der Waals surface area contributed by atoms with Gasteiger partial charge in [0.15, 0.2) is 0 Å². The van der Waals surface area contributed by atoms with E-state index in [0.717, 1.165) is 44.0 Å². The Morgan fingerprint density at radius 2 is 1.49 bits per heavy atom. The first kappa shape index (κ1) is 26.7. The molecule has 4 rings (SSSR count). The van der Waals surface area contributed by atoms with Gasteiger partial charge >= 0.3 is 12.1 Å². The number of nitrogens with one attached hydrogen (secondary N) is 1. The molecule has 0 aliphatic heterocycles. The number of esters is 1. The summed E-state index contributed by atoms with van der Waals surface area (Å²) in [6, 6.07) is 19.5. The lowest BCUT2D eigenvalue weighted by Gasteiger charge is -2.25. The number of amides is 1. The van der Waals surface area contributed by atoms with E-state index >= 15 is 0 Å². The summed E-state index contributed by atoms with van der Waals surface area (Å²) in [5.74, 6) is -0.540. The van der Waals surface area contributed by atoms with Crippen LogP contribution >= 0.6 is 11.6 Å². The van der Waals surface area contributed by atoms with Crippen LogP contribution in [0.15, 0.2) is 60.7 Å². The second kappa shape index (κ2) is 11.0. The third kappa shape index (κ3) is 6.34. The van der Waals surface area contributed by atoms with Gasteiger partial charge in [-0.2, -0.15) is 0 Å². The van der Waals surface area contributed by atoms with Crippen molar-refractivity contribution < 1.29 is 19.1 Å². The largest absolute Gasteiger partial charge is 0.458 e. The molecule has 3 aromatic rings. The van der Waals surface area contributed by atoms with Crippen molar-refractivity contribution in [3.8, 4) is 11.1 Å². The number of carbonyl (C=O) groups is 2. The molecule has 1 aliphatic rings. The second-order valence-corrected chi connectivity index (χ2v) is 11.0. The van der Waals surface area contributed by atoms with Gasteiger partial charge in [-0.25, -0.2) is 9.59 Å². The maximum atomic E-state index is 13.0. The van der Waals surface area contributed by atoms with Crippen molar-refractivity contribution in [1.82, 2.24) is 5.32 Å². The van der Waals surface area contributed by atoms with Crippen LogP contribution in [0.1, 0.15) is 60.9 Å². The van der Waals surface area contributed by atoms with Crippen molar-refractivity contribution in [3.63, 3.8) is 0 Å². The van der Waals surface area contributed by atoms with Gasteiger partial charge in [0, 0.05) is 10.9 Å². The Morgan fingerprint density at radius 3 is 2.03 bits per heavy atom. The van der Waals surface area contributed by atoms with E-state index in [1.807, 2.05) is 50.2 Å². The van der Waals surface area contributed by atoms with Gasteiger partial charge in [0.2, 0.25) is 0 Å². The number of rotatable bonds is 7. The van der Waals surface area contributed by atoms with Crippen molar-refractivity contribution >= 4 is 23.7 Å². The molecule has 194 valence electrons. The number of hydrogen-bond acceptors (Lipinski definition) is 4. The Labute approximate surface area is 224 Å². The van der Waals surface area contributed by atoms with E-state index in [9.17, 15) is 9.59 Å². The molecule has 0 saturated heterocycles. The lowest BCUT2D eigenvalue weighted by molar-refractivity contribution is -0.157. The van der Waals surface area contributed by atoms with Crippen LogP contribution in [0.5, 0.6) is 0 Å². The molecule has 6 heteroatoms. The predicted molar refractivity (Wildman–Crippen MR) is 147 cm³/mol. The maximum Gasteiger partial charge on any atom is 0.407 e. The van der Waals surface area contributed by atoms with Gasteiger partial charge in [-0.15, -0.1) is 0 Å². The highest BCUT2D eigenvalue weighted by atomic mass is 35.5. The Kier molecular flexibility index (Phi) is 7.93. The minimum absolute atomic E-state index is 0.0573. The molecule has 1 amide bonds. The molecule has 0 radical (unpaired) electrons. The average molecular weight is 520 g/mol. The number of ether oxygens (including phenoxy) is 2. The van der Waals surface area contributed by atoms with Crippen molar-refractivity contribution in [2.24, 2.45) is 0 Å². The molecule has 1 aliphatic carbocycles. The quantitative estimate of drug-likeness (QED) is 0.337. The molecule has 0 aromatic heterocycles. The Hall–Kier alpha value is -3.31.